The van der Waals surface area contributed by atoms with Gasteiger partial charge in [-0.25, -0.2) is 17.1 Å². The Balaban J connectivity index is 2.21. The van der Waals surface area contributed by atoms with Crippen LogP contribution in [0.15, 0.2) is 48.5 Å². The maximum Gasteiger partial charge on any atom is 0.266 e. The molecule has 2 aromatic rings. The number of rotatable bonds is 9. The molecule has 0 aromatic heterocycles. The Hall–Kier alpha value is -2.45. The van der Waals surface area contributed by atoms with E-state index in [0.717, 1.165) is 11.6 Å². The van der Waals surface area contributed by atoms with Crippen LogP contribution in [0, 0.1) is 5.82 Å². The molecule has 0 aliphatic heterocycles. The van der Waals surface area contributed by atoms with Crippen LogP contribution in [0.3, 0.4) is 0 Å². The standard InChI is InChI=1S/C19H22FNO5S/c1-3-11-27(23,24)21(16-9-10-18(25-2)17(20)12-16)19(22)14-26-13-15-7-5-4-6-8-15/h4-10,12H,3,11,13-14H2,1-2H3. The molecule has 0 aliphatic carbocycles. The van der Waals surface area contributed by atoms with Gasteiger partial charge in [0.15, 0.2) is 11.6 Å². The molecule has 146 valence electrons. The van der Waals surface area contributed by atoms with Gasteiger partial charge in [0, 0.05) is 6.07 Å². The van der Waals surface area contributed by atoms with Crippen LogP contribution >= 0.6 is 0 Å². The number of methoxy groups -OCH3 is 1. The summed E-state index contributed by atoms with van der Waals surface area (Å²) in [5.41, 5.74) is 0.763. The Morgan fingerprint density at radius 3 is 2.44 bits per heavy atom. The first kappa shape index (κ1) is 20.9. The summed E-state index contributed by atoms with van der Waals surface area (Å²) >= 11 is 0. The lowest BCUT2D eigenvalue weighted by Crippen LogP contribution is -2.40. The summed E-state index contributed by atoms with van der Waals surface area (Å²) in [6.07, 6.45) is 0.315. The highest BCUT2D eigenvalue weighted by Crippen LogP contribution is 2.26. The van der Waals surface area contributed by atoms with Crippen molar-refractivity contribution in [1.82, 2.24) is 0 Å². The summed E-state index contributed by atoms with van der Waals surface area (Å²) in [4.78, 5) is 12.6. The number of amides is 1. The Morgan fingerprint density at radius 2 is 1.85 bits per heavy atom. The quantitative estimate of drug-likeness (QED) is 0.652. The highest BCUT2D eigenvalue weighted by molar-refractivity contribution is 7.93. The van der Waals surface area contributed by atoms with E-state index in [2.05, 4.69) is 0 Å². The molecule has 0 saturated carbocycles. The third-order valence-corrected chi connectivity index (χ3v) is 5.57. The second-order valence-corrected chi connectivity index (χ2v) is 7.71. The van der Waals surface area contributed by atoms with Crippen molar-refractivity contribution in [2.24, 2.45) is 0 Å². The summed E-state index contributed by atoms with van der Waals surface area (Å²) in [5, 5.41) is 0. The van der Waals surface area contributed by atoms with E-state index in [1.807, 2.05) is 30.3 Å². The third-order valence-electron chi connectivity index (χ3n) is 3.67. The van der Waals surface area contributed by atoms with Crippen LogP contribution in [0.5, 0.6) is 5.75 Å². The Kier molecular flexibility index (Phi) is 7.32. The zero-order valence-electron chi connectivity index (χ0n) is 15.2. The SMILES string of the molecule is CCCS(=O)(=O)N(C(=O)COCc1ccccc1)c1ccc(OC)c(F)c1. The lowest BCUT2D eigenvalue weighted by atomic mass is 10.2. The van der Waals surface area contributed by atoms with Gasteiger partial charge in [-0.05, 0) is 24.1 Å². The molecule has 6 nitrogen and oxygen atoms in total. The Morgan fingerprint density at radius 1 is 1.15 bits per heavy atom. The lowest BCUT2D eigenvalue weighted by Gasteiger charge is -2.22. The van der Waals surface area contributed by atoms with E-state index < -0.39 is 28.4 Å². The Bertz CT molecular complexity index is 871. The first-order chi connectivity index (χ1) is 12.9. The molecule has 0 aliphatic rings. The highest BCUT2D eigenvalue weighted by Gasteiger charge is 2.29. The fraction of sp³-hybridized carbons (Fsp3) is 0.316. The van der Waals surface area contributed by atoms with Gasteiger partial charge in [-0.1, -0.05) is 37.3 Å². The van der Waals surface area contributed by atoms with Crippen molar-refractivity contribution in [3.63, 3.8) is 0 Å². The van der Waals surface area contributed by atoms with Gasteiger partial charge < -0.3 is 9.47 Å². The molecule has 27 heavy (non-hydrogen) atoms. The summed E-state index contributed by atoms with van der Waals surface area (Å²) in [6.45, 7) is 1.39. The van der Waals surface area contributed by atoms with Crippen LogP contribution in [0.2, 0.25) is 0 Å². The van der Waals surface area contributed by atoms with E-state index in [0.29, 0.717) is 10.7 Å². The van der Waals surface area contributed by atoms with Crippen molar-refractivity contribution in [3.8, 4) is 5.75 Å². The summed E-state index contributed by atoms with van der Waals surface area (Å²) in [7, 11) is -2.66. The van der Waals surface area contributed by atoms with Crippen molar-refractivity contribution in [2.45, 2.75) is 20.0 Å². The van der Waals surface area contributed by atoms with Crippen LogP contribution in [0.1, 0.15) is 18.9 Å². The van der Waals surface area contributed by atoms with Gasteiger partial charge in [-0.2, -0.15) is 0 Å². The fourth-order valence-corrected chi connectivity index (χ4v) is 3.98. The van der Waals surface area contributed by atoms with E-state index >= 15 is 0 Å². The number of carbonyl (C=O) groups is 1. The smallest absolute Gasteiger partial charge is 0.266 e. The van der Waals surface area contributed by atoms with Gasteiger partial charge in [0.1, 0.15) is 6.61 Å². The number of anilines is 1. The van der Waals surface area contributed by atoms with Crippen LogP contribution < -0.4 is 9.04 Å². The normalized spacial score (nSPS) is 11.2. The van der Waals surface area contributed by atoms with E-state index in [4.69, 9.17) is 9.47 Å². The summed E-state index contributed by atoms with van der Waals surface area (Å²) < 4.78 is 50.0. The molecule has 1 amide bonds. The third kappa shape index (κ3) is 5.51. The number of halogens is 1. The number of hydrogen-bond donors (Lipinski definition) is 0. The zero-order valence-corrected chi connectivity index (χ0v) is 16.0. The maximum atomic E-state index is 14.0. The minimum Gasteiger partial charge on any atom is -0.494 e. The van der Waals surface area contributed by atoms with Gasteiger partial charge in [-0.15, -0.1) is 0 Å². The van der Waals surface area contributed by atoms with Crippen molar-refractivity contribution in [2.75, 3.05) is 23.8 Å². The number of ether oxygens (including phenoxy) is 2. The molecule has 0 spiro atoms. The van der Waals surface area contributed by atoms with Gasteiger partial charge in [0.05, 0.1) is 25.2 Å². The molecule has 2 rings (SSSR count). The average Bonchev–Trinajstić information content (AvgIpc) is 2.62. The predicted molar refractivity (Wildman–Crippen MR) is 101 cm³/mol. The van der Waals surface area contributed by atoms with Crippen molar-refractivity contribution >= 4 is 21.6 Å². The molecular weight excluding hydrogens is 373 g/mol. The minimum absolute atomic E-state index is 0.0423. The summed E-state index contributed by atoms with van der Waals surface area (Å²) in [5.74, 6) is -1.83. The van der Waals surface area contributed by atoms with Gasteiger partial charge in [0.25, 0.3) is 5.91 Å². The topological polar surface area (TPSA) is 72.9 Å². The fourth-order valence-electron chi connectivity index (χ4n) is 2.48. The minimum atomic E-state index is -3.96. The monoisotopic (exact) mass is 395 g/mol. The van der Waals surface area contributed by atoms with E-state index in [1.54, 1.807) is 6.92 Å². The molecular formula is C19H22FNO5S. The molecule has 2 aromatic carbocycles. The molecule has 0 unspecified atom stereocenters. The predicted octanol–water partition coefficient (Wildman–Crippen LogP) is 3.12. The molecule has 0 heterocycles. The lowest BCUT2D eigenvalue weighted by molar-refractivity contribution is -0.122. The first-order valence-corrected chi connectivity index (χ1v) is 10.0. The van der Waals surface area contributed by atoms with E-state index in [1.165, 1.54) is 19.2 Å². The number of hydrogen-bond acceptors (Lipinski definition) is 5. The summed E-state index contributed by atoms with van der Waals surface area (Å²) in [6, 6.07) is 12.7. The molecule has 0 N–H and O–H groups in total. The molecule has 0 fully saturated rings. The highest BCUT2D eigenvalue weighted by atomic mass is 32.2. The van der Waals surface area contributed by atoms with Crippen LogP contribution in [0.4, 0.5) is 10.1 Å². The van der Waals surface area contributed by atoms with Gasteiger partial charge in [0.2, 0.25) is 10.0 Å². The van der Waals surface area contributed by atoms with Crippen LogP contribution in [-0.2, 0) is 26.2 Å². The van der Waals surface area contributed by atoms with Crippen LogP contribution in [0.25, 0.3) is 0 Å². The van der Waals surface area contributed by atoms with Gasteiger partial charge >= 0.3 is 0 Å². The van der Waals surface area contributed by atoms with E-state index in [9.17, 15) is 17.6 Å². The number of nitrogens with zero attached hydrogens (tertiary/aromatic N) is 1. The number of carbonyl (C=O) groups excluding carboxylic acids is 1. The molecule has 0 saturated heterocycles. The molecule has 8 heteroatoms. The van der Waals surface area contributed by atoms with Gasteiger partial charge in [-0.3, -0.25) is 4.79 Å². The molecule has 0 radical (unpaired) electrons. The van der Waals surface area contributed by atoms with Crippen molar-refractivity contribution < 1.29 is 27.1 Å². The van der Waals surface area contributed by atoms with Crippen molar-refractivity contribution in [1.29, 1.82) is 0 Å². The first-order valence-electron chi connectivity index (χ1n) is 8.40. The number of benzene rings is 2. The second-order valence-electron chi connectivity index (χ2n) is 5.77. The average molecular weight is 395 g/mol. The molecule has 0 atom stereocenters. The number of sulfonamides is 1. The largest absolute Gasteiger partial charge is 0.494 e. The van der Waals surface area contributed by atoms with Crippen molar-refractivity contribution in [3.05, 3.63) is 59.9 Å². The zero-order chi connectivity index (χ0) is 19.9. The molecule has 0 bridgehead atoms. The maximum absolute atomic E-state index is 14.0. The second kappa shape index (κ2) is 9.48. The Labute approximate surface area is 158 Å². The van der Waals surface area contributed by atoms with Crippen LogP contribution in [-0.4, -0.2) is 33.8 Å². The van der Waals surface area contributed by atoms with E-state index in [-0.39, 0.29) is 23.8 Å².